The van der Waals surface area contributed by atoms with Crippen LogP contribution in [-0.2, 0) is 23.0 Å². The van der Waals surface area contributed by atoms with Gasteiger partial charge in [0, 0.05) is 23.8 Å². The Morgan fingerprint density at radius 1 is 1.25 bits per heavy atom. The van der Waals surface area contributed by atoms with Crippen molar-refractivity contribution < 1.29 is 13.2 Å². The second kappa shape index (κ2) is 6.45. The van der Waals surface area contributed by atoms with Crippen molar-refractivity contribution in [1.82, 2.24) is 0 Å². The van der Waals surface area contributed by atoms with Crippen molar-refractivity contribution in [3.8, 4) is 5.75 Å². The van der Waals surface area contributed by atoms with Gasteiger partial charge in [0.05, 0.1) is 11.5 Å². The van der Waals surface area contributed by atoms with Gasteiger partial charge < -0.3 is 9.64 Å². The fourth-order valence-corrected chi connectivity index (χ4v) is 3.77. The second-order valence-corrected chi connectivity index (χ2v) is 7.62. The minimum atomic E-state index is -3.67. The highest BCUT2D eigenvalue weighted by Gasteiger charge is 2.27. The summed E-state index contributed by atoms with van der Waals surface area (Å²) in [5, 5.41) is 5.24. The Hall–Kier alpha value is -2.05. The Labute approximate surface area is 143 Å². The standard InChI is InChI=1S/C18H22N2O3S/c1-3-23-18-7-5-4-6-14(18)12-20-13(2)10-15-11-16(24(19,21)22)8-9-17(15)20/h4-9,11,13H,3,10,12H2,1-2H3,(H2,19,21,22)/t13-/m0/s1. The highest BCUT2D eigenvalue weighted by molar-refractivity contribution is 7.89. The number of sulfonamides is 1. The molecule has 0 unspecified atom stereocenters. The molecular weight excluding hydrogens is 324 g/mol. The summed E-state index contributed by atoms with van der Waals surface area (Å²) < 4.78 is 28.8. The van der Waals surface area contributed by atoms with Crippen molar-refractivity contribution in [2.24, 2.45) is 5.14 Å². The summed E-state index contributed by atoms with van der Waals surface area (Å²) in [6, 6.07) is 13.4. The van der Waals surface area contributed by atoms with Gasteiger partial charge in [0.25, 0.3) is 0 Å². The van der Waals surface area contributed by atoms with E-state index in [-0.39, 0.29) is 10.9 Å². The number of para-hydroxylation sites is 1. The third-order valence-corrected chi connectivity index (χ3v) is 5.26. The summed E-state index contributed by atoms with van der Waals surface area (Å²) in [4.78, 5) is 2.45. The lowest BCUT2D eigenvalue weighted by Gasteiger charge is -2.26. The molecule has 0 fully saturated rings. The van der Waals surface area contributed by atoms with Crippen LogP contribution in [0.15, 0.2) is 47.4 Å². The molecule has 0 aliphatic carbocycles. The van der Waals surface area contributed by atoms with E-state index >= 15 is 0 Å². The Kier molecular flexibility index (Phi) is 4.51. The molecule has 3 rings (SSSR count). The van der Waals surface area contributed by atoms with Crippen LogP contribution in [0.2, 0.25) is 0 Å². The number of anilines is 1. The van der Waals surface area contributed by atoms with E-state index in [1.807, 2.05) is 31.2 Å². The molecule has 0 saturated carbocycles. The molecule has 2 N–H and O–H groups in total. The van der Waals surface area contributed by atoms with E-state index in [4.69, 9.17) is 9.88 Å². The van der Waals surface area contributed by atoms with Crippen molar-refractivity contribution in [2.45, 2.75) is 37.8 Å². The summed E-state index contributed by atoms with van der Waals surface area (Å²) in [7, 11) is -3.67. The maximum absolute atomic E-state index is 11.6. The van der Waals surface area contributed by atoms with E-state index in [1.54, 1.807) is 12.1 Å². The van der Waals surface area contributed by atoms with Gasteiger partial charge in [0.2, 0.25) is 10.0 Å². The fraction of sp³-hybridized carbons (Fsp3) is 0.333. The van der Waals surface area contributed by atoms with E-state index < -0.39 is 10.0 Å². The predicted octanol–water partition coefficient (Wildman–Crippen LogP) is 2.68. The van der Waals surface area contributed by atoms with Gasteiger partial charge in [-0.15, -0.1) is 0 Å². The Bertz CT molecular complexity index is 849. The molecule has 6 heteroatoms. The largest absolute Gasteiger partial charge is 0.494 e. The quantitative estimate of drug-likeness (QED) is 0.903. The van der Waals surface area contributed by atoms with E-state index in [2.05, 4.69) is 17.9 Å². The smallest absolute Gasteiger partial charge is 0.238 e. The minimum absolute atomic E-state index is 0.171. The van der Waals surface area contributed by atoms with Crippen LogP contribution < -0.4 is 14.8 Å². The van der Waals surface area contributed by atoms with Crippen LogP contribution in [0.4, 0.5) is 5.69 Å². The predicted molar refractivity (Wildman–Crippen MR) is 94.8 cm³/mol. The summed E-state index contributed by atoms with van der Waals surface area (Å²) in [6.45, 7) is 5.46. The number of hydrogen-bond donors (Lipinski definition) is 1. The number of nitrogens with two attached hydrogens (primary N) is 1. The van der Waals surface area contributed by atoms with Crippen LogP contribution in [0.5, 0.6) is 5.75 Å². The average molecular weight is 346 g/mol. The number of ether oxygens (including phenoxy) is 1. The monoisotopic (exact) mass is 346 g/mol. The molecule has 0 bridgehead atoms. The van der Waals surface area contributed by atoms with E-state index in [0.29, 0.717) is 6.61 Å². The number of rotatable bonds is 5. The number of primary sulfonamides is 1. The molecule has 0 radical (unpaired) electrons. The lowest BCUT2D eigenvalue weighted by molar-refractivity contribution is 0.336. The first-order valence-corrected chi connectivity index (χ1v) is 9.58. The van der Waals surface area contributed by atoms with Crippen molar-refractivity contribution >= 4 is 15.7 Å². The van der Waals surface area contributed by atoms with Crippen molar-refractivity contribution in [3.05, 3.63) is 53.6 Å². The maximum atomic E-state index is 11.6. The molecule has 2 aromatic carbocycles. The third kappa shape index (κ3) is 3.25. The summed E-state index contributed by atoms with van der Waals surface area (Å²) in [6.07, 6.45) is 0.801. The Morgan fingerprint density at radius 3 is 2.71 bits per heavy atom. The van der Waals surface area contributed by atoms with Crippen molar-refractivity contribution in [3.63, 3.8) is 0 Å². The highest BCUT2D eigenvalue weighted by Crippen LogP contribution is 2.35. The molecule has 128 valence electrons. The molecule has 1 atom stereocenters. The van der Waals surface area contributed by atoms with Gasteiger partial charge in [-0.2, -0.15) is 0 Å². The molecule has 0 spiro atoms. The van der Waals surface area contributed by atoms with Crippen molar-refractivity contribution in [2.75, 3.05) is 11.5 Å². The molecule has 1 heterocycles. The van der Waals surface area contributed by atoms with Crippen LogP contribution in [0.25, 0.3) is 0 Å². The minimum Gasteiger partial charge on any atom is -0.494 e. The normalized spacial score (nSPS) is 17.0. The molecule has 2 aromatic rings. The van der Waals surface area contributed by atoms with Crippen LogP contribution >= 0.6 is 0 Å². The fourth-order valence-electron chi connectivity index (χ4n) is 3.20. The third-order valence-electron chi connectivity index (χ3n) is 4.35. The maximum Gasteiger partial charge on any atom is 0.238 e. The van der Waals surface area contributed by atoms with Gasteiger partial charge >= 0.3 is 0 Å². The number of benzene rings is 2. The Morgan fingerprint density at radius 2 is 2.00 bits per heavy atom. The first-order valence-electron chi connectivity index (χ1n) is 8.03. The van der Waals surface area contributed by atoms with Gasteiger partial charge in [0.1, 0.15) is 5.75 Å². The summed E-state index contributed by atoms with van der Waals surface area (Å²) in [5.74, 6) is 0.891. The lowest BCUT2D eigenvalue weighted by Crippen LogP contribution is -2.28. The topological polar surface area (TPSA) is 72.6 Å². The van der Waals surface area contributed by atoms with Gasteiger partial charge in [0.15, 0.2) is 0 Å². The van der Waals surface area contributed by atoms with Gasteiger partial charge in [-0.05, 0) is 50.1 Å². The Balaban J connectivity index is 1.92. The molecule has 5 nitrogen and oxygen atoms in total. The molecule has 24 heavy (non-hydrogen) atoms. The van der Waals surface area contributed by atoms with E-state index in [1.165, 1.54) is 0 Å². The van der Waals surface area contributed by atoms with Gasteiger partial charge in [-0.1, -0.05) is 18.2 Å². The first kappa shape index (κ1) is 16.8. The summed E-state index contributed by atoms with van der Waals surface area (Å²) >= 11 is 0. The first-order chi connectivity index (χ1) is 11.4. The molecule has 0 amide bonds. The summed E-state index contributed by atoms with van der Waals surface area (Å²) in [5.41, 5.74) is 3.19. The molecule has 0 aromatic heterocycles. The molecule has 1 aliphatic rings. The van der Waals surface area contributed by atoms with Gasteiger partial charge in [-0.3, -0.25) is 0 Å². The zero-order valence-corrected chi connectivity index (χ0v) is 14.7. The number of nitrogens with zero attached hydrogens (tertiary/aromatic N) is 1. The second-order valence-electron chi connectivity index (χ2n) is 6.06. The zero-order chi connectivity index (χ0) is 17.3. The van der Waals surface area contributed by atoms with E-state index in [0.717, 1.165) is 35.5 Å². The molecule has 0 saturated heterocycles. The van der Waals surface area contributed by atoms with Crippen LogP contribution in [-0.4, -0.2) is 21.1 Å². The molecular formula is C18H22N2O3S. The zero-order valence-electron chi connectivity index (χ0n) is 13.9. The average Bonchev–Trinajstić information content (AvgIpc) is 2.84. The van der Waals surface area contributed by atoms with Crippen molar-refractivity contribution in [1.29, 1.82) is 0 Å². The van der Waals surface area contributed by atoms with E-state index in [9.17, 15) is 8.42 Å². The van der Waals surface area contributed by atoms with Crippen LogP contribution in [0, 0.1) is 0 Å². The van der Waals surface area contributed by atoms with Gasteiger partial charge in [-0.25, -0.2) is 13.6 Å². The SMILES string of the molecule is CCOc1ccccc1CN1c2ccc(S(N)(=O)=O)cc2C[C@@H]1C. The number of fused-ring (bicyclic) bond motifs is 1. The van der Waals surface area contributed by atoms with Crippen LogP contribution in [0.3, 0.4) is 0 Å². The van der Waals surface area contributed by atoms with Crippen LogP contribution in [0.1, 0.15) is 25.0 Å². The lowest BCUT2D eigenvalue weighted by atomic mass is 10.1. The highest BCUT2D eigenvalue weighted by atomic mass is 32.2. The number of hydrogen-bond acceptors (Lipinski definition) is 4. The molecule has 1 aliphatic heterocycles.